The zero-order valence-electron chi connectivity index (χ0n) is 28.7. The van der Waals surface area contributed by atoms with Crippen LogP contribution in [0.2, 0.25) is 0 Å². The Labute approximate surface area is 248 Å². The number of halogens is 5. The molecule has 0 amide bonds. The molecule has 0 fully saturated rings. The molecule has 0 aliphatic heterocycles. The molecule has 0 bridgehead atoms. The summed E-state index contributed by atoms with van der Waals surface area (Å²) in [4.78, 5) is 0. The highest BCUT2D eigenvalue weighted by atomic mass is 19.1. The number of hydrogen-bond donors (Lipinski definition) is 0. The zero-order chi connectivity index (χ0) is 35.0. The molecule has 0 saturated heterocycles. The minimum atomic E-state index is 0.250. The van der Waals surface area contributed by atoms with E-state index in [-0.39, 0.29) is 12.7 Å². The van der Waals surface area contributed by atoms with Gasteiger partial charge in [0.1, 0.15) is 0 Å². The molecule has 0 radical (unpaired) electrons. The largest absolute Gasteiger partial charge is 0.216 e. The molecule has 240 valence electrons. The van der Waals surface area contributed by atoms with Crippen LogP contribution >= 0.6 is 0 Å². The SMILES string of the molecule is C/C=C\F.C=C(C)C.C=CC.C=CC.C=CF.C=CF.CC(C)=CF.CC(C)=CF.CC=C(C)C.CC=C(C)C. The van der Waals surface area contributed by atoms with E-state index in [0.717, 1.165) is 0 Å². The Morgan fingerprint density at radius 2 is 0.525 bits per heavy atom. The first-order chi connectivity index (χ1) is 18.4. The van der Waals surface area contributed by atoms with Gasteiger partial charge >= 0.3 is 0 Å². The fourth-order valence-electron chi connectivity index (χ4n) is 0. The summed E-state index contributed by atoms with van der Waals surface area (Å²) in [5, 5.41) is 0. The van der Waals surface area contributed by atoms with E-state index in [4.69, 9.17) is 0 Å². The van der Waals surface area contributed by atoms with Crippen molar-refractivity contribution in [3.05, 3.63) is 123 Å². The molecular formula is C35H65F5. The predicted octanol–water partition coefficient (Wildman–Crippen LogP) is 15.4. The van der Waals surface area contributed by atoms with Gasteiger partial charge in [0.2, 0.25) is 0 Å². The maximum atomic E-state index is 11.0. The van der Waals surface area contributed by atoms with Gasteiger partial charge in [-0.15, -0.1) is 19.7 Å². The fourth-order valence-corrected chi connectivity index (χ4v) is 0. The van der Waals surface area contributed by atoms with E-state index in [1.54, 1.807) is 46.8 Å². The molecule has 0 aromatic rings. The standard InChI is InChI=1S/2C5H10.2C4H7F.C4H8.C3H5F.2C3H6.2C2H3F/c2*1-4-5(2)3;2*1-4(2)3-5;1-4(2)3;1-2-3-4;2*1-3-2;2*1-2-3/h2*4H,1-3H3;2*3H,1-2H3;1H2,2-3H3;2-3H,1H3;2*3H,1H2,2H3;2*2H,1H2/b;;;;;3-2-;;;;. The summed E-state index contributed by atoms with van der Waals surface area (Å²) in [5.74, 6) is 0. The fraction of sp³-hybridized carbons (Fsp3) is 0.429. The van der Waals surface area contributed by atoms with E-state index < -0.39 is 0 Å². The van der Waals surface area contributed by atoms with E-state index >= 15 is 0 Å². The van der Waals surface area contributed by atoms with E-state index in [0.29, 0.717) is 30.1 Å². The predicted molar refractivity (Wildman–Crippen MR) is 182 cm³/mol. The van der Waals surface area contributed by atoms with E-state index in [9.17, 15) is 22.0 Å². The van der Waals surface area contributed by atoms with Gasteiger partial charge in [0.05, 0.1) is 31.6 Å². The molecule has 0 nitrogen and oxygen atoms in total. The molecule has 5 heteroatoms. The Balaban J connectivity index is -0.0000000315. The van der Waals surface area contributed by atoms with Gasteiger partial charge in [-0.25, -0.2) is 22.0 Å². The molecule has 0 heterocycles. The summed E-state index contributed by atoms with van der Waals surface area (Å²) in [6, 6.07) is 0. The monoisotopic (exact) mass is 581 g/mol. The Bertz CT molecular complexity index is 506. The Hall–Kier alpha value is -2.95. The molecule has 0 aliphatic carbocycles. The average Bonchev–Trinajstić information content (AvgIpc) is 2.86. The number of hydrogen-bond acceptors (Lipinski definition) is 0. The molecule has 0 spiro atoms. The van der Waals surface area contributed by atoms with Crippen molar-refractivity contribution < 1.29 is 22.0 Å². The lowest BCUT2D eigenvalue weighted by atomic mass is 10.3. The summed E-state index contributed by atoms with van der Waals surface area (Å²) in [5.41, 5.74) is 5.35. The third-order valence-electron chi connectivity index (χ3n) is 1.72. The van der Waals surface area contributed by atoms with Gasteiger partial charge in [-0.1, -0.05) is 60.3 Å². The van der Waals surface area contributed by atoms with Crippen LogP contribution in [0.3, 0.4) is 0 Å². The van der Waals surface area contributed by atoms with Crippen molar-refractivity contribution in [1.29, 1.82) is 0 Å². The van der Waals surface area contributed by atoms with Crippen molar-refractivity contribution in [2.45, 2.75) is 104 Å². The quantitative estimate of drug-likeness (QED) is 0.197. The zero-order valence-corrected chi connectivity index (χ0v) is 28.7. The highest BCUT2D eigenvalue weighted by Crippen LogP contribution is 1.85. The lowest BCUT2D eigenvalue weighted by Gasteiger charge is -1.74. The van der Waals surface area contributed by atoms with Gasteiger partial charge in [0.25, 0.3) is 0 Å². The van der Waals surface area contributed by atoms with Gasteiger partial charge in [-0.3, -0.25) is 0 Å². The maximum Gasteiger partial charge on any atom is 0.0853 e. The second-order valence-electron chi connectivity index (χ2n) is 7.90. The summed E-state index contributed by atoms with van der Waals surface area (Å²) < 4.78 is 52.6. The molecule has 0 N–H and O–H groups in total. The molecule has 0 unspecified atom stereocenters. The van der Waals surface area contributed by atoms with Crippen molar-refractivity contribution >= 4 is 0 Å². The third kappa shape index (κ3) is 1110. The number of rotatable bonds is 0. The van der Waals surface area contributed by atoms with Crippen molar-refractivity contribution in [2.75, 3.05) is 0 Å². The van der Waals surface area contributed by atoms with Crippen LogP contribution in [0.1, 0.15) is 104 Å². The summed E-state index contributed by atoms with van der Waals surface area (Å²) in [6.07, 6.45) is 11.2. The van der Waals surface area contributed by atoms with Crippen molar-refractivity contribution in [1.82, 2.24) is 0 Å². The normalized spacial score (nSPS) is 6.40. The van der Waals surface area contributed by atoms with Crippen molar-refractivity contribution in [3.8, 4) is 0 Å². The molecule has 40 heavy (non-hydrogen) atoms. The highest BCUT2D eigenvalue weighted by Gasteiger charge is 1.65. The highest BCUT2D eigenvalue weighted by molar-refractivity contribution is 4.89. The van der Waals surface area contributed by atoms with E-state index in [2.05, 4.69) is 72.7 Å². The minimum Gasteiger partial charge on any atom is -0.216 e. The maximum absolute atomic E-state index is 11.0. The van der Waals surface area contributed by atoms with Crippen LogP contribution in [0.4, 0.5) is 22.0 Å². The van der Waals surface area contributed by atoms with E-state index in [1.807, 2.05) is 41.5 Å². The topological polar surface area (TPSA) is 0 Å². The molecule has 0 aromatic carbocycles. The smallest absolute Gasteiger partial charge is 0.0853 e. The van der Waals surface area contributed by atoms with Crippen molar-refractivity contribution in [3.63, 3.8) is 0 Å². The molecule has 0 aromatic heterocycles. The summed E-state index contributed by atoms with van der Waals surface area (Å²) in [6.45, 7) is 44.3. The summed E-state index contributed by atoms with van der Waals surface area (Å²) in [7, 11) is 0. The first-order valence-electron chi connectivity index (χ1n) is 12.5. The lowest BCUT2D eigenvalue weighted by Crippen LogP contribution is -1.52. The van der Waals surface area contributed by atoms with E-state index in [1.165, 1.54) is 22.8 Å². The molecular weight excluding hydrogens is 515 g/mol. The third-order valence-corrected chi connectivity index (χ3v) is 1.72. The van der Waals surface area contributed by atoms with Gasteiger partial charge in [0, 0.05) is 0 Å². The lowest BCUT2D eigenvalue weighted by molar-refractivity contribution is 0.709. The van der Waals surface area contributed by atoms with Crippen LogP contribution in [0.25, 0.3) is 0 Å². The molecule has 0 atom stereocenters. The van der Waals surface area contributed by atoms with Gasteiger partial charge in [-0.05, 0) is 115 Å². The molecule has 0 saturated carbocycles. The Kier molecular flexibility index (Phi) is 150. The van der Waals surface area contributed by atoms with Gasteiger partial charge in [0.15, 0.2) is 0 Å². The van der Waals surface area contributed by atoms with Crippen LogP contribution in [-0.4, -0.2) is 0 Å². The Morgan fingerprint density at radius 1 is 0.450 bits per heavy atom. The van der Waals surface area contributed by atoms with Crippen LogP contribution in [0.5, 0.6) is 0 Å². The second kappa shape index (κ2) is 91.1. The molecule has 0 rings (SSSR count). The minimum absolute atomic E-state index is 0.250. The number of allylic oxidation sites excluding steroid dienone is 10. The van der Waals surface area contributed by atoms with Crippen LogP contribution in [0, 0.1) is 0 Å². The van der Waals surface area contributed by atoms with Gasteiger partial charge in [-0.2, -0.15) is 0 Å². The Morgan fingerprint density at radius 3 is 0.525 bits per heavy atom. The first-order valence-corrected chi connectivity index (χ1v) is 12.5. The van der Waals surface area contributed by atoms with Crippen LogP contribution in [0.15, 0.2) is 123 Å². The molecule has 0 aliphatic rings. The first kappa shape index (κ1) is 65.8. The summed E-state index contributed by atoms with van der Waals surface area (Å²) >= 11 is 0. The second-order valence-corrected chi connectivity index (χ2v) is 7.90. The van der Waals surface area contributed by atoms with Gasteiger partial charge < -0.3 is 0 Å². The average molecular weight is 581 g/mol. The van der Waals surface area contributed by atoms with Crippen LogP contribution < -0.4 is 0 Å². The van der Waals surface area contributed by atoms with Crippen LogP contribution in [-0.2, 0) is 0 Å². The van der Waals surface area contributed by atoms with Crippen molar-refractivity contribution in [2.24, 2.45) is 0 Å².